The van der Waals surface area contributed by atoms with Crippen molar-refractivity contribution in [2.45, 2.75) is 6.54 Å². The van der Waals surface area contributed by atoms with Crippen molar-refractivity contribution in [3.63, 3.8) is 0 Å². The van der Waals surface area contributed by atoms with Gasteiger partial charge in [-0.05, 0) is 6.07 Å². The van der Waals surface area contributed by atoms with E-state index in [-0.39, 0.29) is 0 Å². The van der Waals surface area contributed by atoms with Crippen LogP contribution in [-0.2, 0) is 6.54 Å². The highest BCUT2D eigenvalue weighted by atomic mass is 15.2. The zero-order chi connectivity index (χ0) is 5.82. The van der Waals surface area contributed by atoms with Crippen LogP contribution in [0.5, 0.6) is 0 Å². The van der Waals surface area contributed by atoms with Gasteiger partial charge in [0.05, 0.1) is 6.20 Å². The fourth-order valence-corrected chi connectivity index (χ4v) is 0.439. The Morgan fingerprint density at radius 2 is 2.75 bits per heavy atom. The van der Waals surface area contributed by atoms with Crippen molar-refractivity contribution in [2.24, 2.45) is 0 Å². The molecule has 0 aliphatic carbocycles. The molecule has 0 saturated carbocycles. The summed E-state index contributed by atoms with van der Waals surface area (Å²) < 4.78 is 1.57. The van der Waals surface area contributed by atoms with Gasteiger partial charge < -0.3 is 0 Å². The standard InChI is InChI=1S/C6H5N2/c1-2-5-8-6-3-4-7-8/h1,3-4H,5H2. The van der Waals surface area contributed by atoms with E-state index in [9.17, 15) is 0 Å². The molecular formula is C6H5N2. The Morgan fingerprint density at radius 3 is 3.25 bits per heavy atom. The van der Waals surface area contributed by atoms with Crippen molar-refractivity contribution < 1.29 is 0 Å². The Labute approximate surface area is 48.1 Å². The van der Waals surface area contributed by atoms with Crippen LogP contribution in [0.1, 0.15) is 0 Å². The van der Waals surface area contributed by atoms with Crippen molar-refractivity contribution in [3.8, 4) is 12.3 Å². The molecule has 0 saturated heterocycles. The zero-order valence-electron chi connectivity index (χ0n) is 4.33. The molecule has 1 rings (SSSR count). The van der Waals surface area contributed by atoms with Crippen LogP contribution in [0.3, 0.4) is 0 Å². The Balaban J connectivity index is 2.67. The predicted molar refractivity (Wildman–Crippen MR) is 29.9 cm³/mol. The highest BCUT2D eigenvalue weighted by Gasteiger charge is 1.81. The van der Waals surface area contributed by atoms with Gasteiger partial charge >= 0.3 is 0 Å². The number of terminal acetylenes is 1. The van der Waals surface area contributed by atoms with Crippen LogP contribution < -0.4 is 0 Å². The Kier molecular flexibility index (Phi) is 1.34. The van der Waals surface area contributed by atoms with Gasteiger partial charge in [0.1, 0.15) is 6.54 Å². The normalized spacial score (nSPS) is 8.38. The summed E-state index contributed by atoms with van der Waals surface area (Å²) in [7, 11) is 0. The molecule has 0 unspecified atom stereocenters. The second-order valence-electron chi connectivity index (χ2n) is 1.32. The second kappa shape index (κ2) is 2.17. The Hall–Kier alpha value is -1.23. The van der Waals surface area contributed by atoms with Crippen molar-refractivity contribution in [1.82, 2.24) is 9.78 Å². The van der Waals surface area contributed by atoms with Gasteiger partial charge in [-0.3, -0.25) is 4.68 Å². The first kappa shape index (κ1) is 4.92. The first-order chi connectivity index (χ1) is 3.93. The zero-order valence-corrected chi connectivity index (χ0v) is 4.33. The molecule has 39 valence electrons. The summed E-state index contributed by atoms with van der Waals surface area (Å²) in [4.78, 5) is 0. The van der Waals surface area contributed by atoms with Gasteiger partial charge in [0, 0.05) is 6.20 Å². The topological polar surface area (TPSA) is 17.8 Å². The molecule has 1 aromatic heterocycles. The lowest BCUT2D eigenvalue weighted by atomic mass is 10.7. The van der Waals surface area contributed by atoms with Crippen molar-refractivity contribution in [1.29, 1.82) is 0 Å². The fraction of sp³-hybridized carbons (Fsp3) is 0.167. The largest absolute Gasteiger partial charge is 0.251 e. The van der Waals surface area contributed by atoms with Gasteiger partial charge in [-0.25, -0.2) is 0 Å². The van der Waals surface area contributed by atoms with E-state index in [1.807, 2.05) is 0 Å². The third-order valence-corrected chi connectivity index (χ3v) is 0.745. The first-order valence-electron chi connectivity index (χ1n) is 2.26. The minimum Gasteiger partial charge on any atom is -0.251 e. The predicted octanol–water partition coefficient (Wildman–Crippen LogP) is 0.316. The van der Waals surface area contributed by atoms with Crippen LogP contribution in [0.25, 0.3) is 0 Å². The van der Waals surface area contributed by atoms with Gasteiger partial charge in [0.25, 0.3) is 0 Å². The quantitative estimate of drug-likeness (QED) is 0.470. The molecule has 0 amide bonds. The van der Waals surface area contributed by atoms with E-state index in [0.29, 0.717) is 6.54 Å². The molecule has 2 nitrogen and oxygen atoms in total. The van der Waals surface area contributed by atoms with Gasteiger partial charge in [0.2, 0.25) is 0 Å². The molecular weight excluding hydrogens is 100 g/mol. The molecule has 1 heterocycles. The van der Waals surface area contributed by atoms with Crippen LogP contribution in [0.2, 0.25) is 0 Å². The average molecular weight is 105 g/mol. The number of hydrogen-bond acceptors (Lipinski definition) is 1. The van der Waals surface area contributed by atoms with Crippen LogP contribution in [0.4, 0.5) is 0 Å². The van der Waals surface area contributed by atoms with Gasteiger partial charge in [-0.15, -0.1) is 6.42 Å². The molecule has 0 fully saturated rings. The minimum atomic E-state index is 0.507. The molecule has 0 aliphatic heterocycles. The summed E-state index contributed by atoms with van der Waals surface area (Å²) >= 11 is 0. The lowest BCUT2D eigenvalue weighted by Crippen LogP contribution is -1.94. The minimum absolute atomic E-state index is 0.507. The number of aromatic nitrogens is 2. The van der Waals surface area contributed by atoms with E-state index in [0.717, 1.165) is 0 Å². The van der Waals surface area contributed by atoms with Crippen LogP contribution in [-0.4, -0.2) is 9.78 Å². The van der Waals surface area contributed by atoms with Crippen molar-refractivity contribution in [3.05, 3.63) is 18.5 Å². The van der Waals surface area contributed by atoms with Crippen LogP contribution >= 0.6 is 0 Å². The maximum absolute atomic E-state index is 4.99. The second-order valence-corrected chi connectivity index (χ2v) is 1.32. The third-order valence-electron chi connectivity index (χ3n) is 0.745. The monoisotopic (exact) mass is 105 g/mol. The molecule has 0 atom stereocenters. The molecule has 0 bridgehead atoms. The maximum atomic E-state index is 4.99. The van der Waals surface area contributed by atoms with Crippen molar-refractivity contribution >= 4 is 0 Å². The van der Waals surface area contributed by atoms with Gasteiger partial charge in [0.15, 0.2) is 0 Å². The third kappa shape index (κ3) is 0.881. The molecule has 0 aliphatic rings. The van der Waals surface area contributed by atoms with E-state index >= 15 is 0 Å². The molecule has 0 spiro atoms. The Morgan fingerprint density at radius 1 is 1.88 bits per heavy atom. The SMILES string of the molecule is C#CCn1[c]ccn1. The molecule has 1 radical (unpaired) electrons. The number of rotatable bonds is 1. The lowest BCUT2D eigenvalue weighted by Gasteiger charge is -1.86. The first-order valence-corrected chi connectivity index (χ1v) is 2.26. The molecule has 1 aromatic rings. The smallest absolute Gasteiger partial charge is 0.102 e. The average Bonchev–Trinajstić information content (AvgIpc) is 2.19. The molecule has 2 heteroatoms. The van der Waals surface area contributed by atoms with E-state index < -0.39 is 0 Å². The Bertz CT molecular complexity index is 181. The summed E-state index contributed by atoms with van der Waals surface area (Å²) in [5, 5.41) is 3.82. The van der Waals surface area contributed by atoms with Crippen LogP contribution in [0.15, 0.2) is 12.3 Å². The highest BCUT2D eigenvalue weighted by Crippen LogP contribution is 1.78. The number of hydrogen-bond donors (Lipinski definition) is 0. The van der Waals surface area contributed by atoms with E-state index in [1.165, 1.54) is 0 Å². The van der Waals surface area contributed by atoms with E-state index in [1.54, 1.807) is 16.9 Å². The van der Waals surface area contributed by atoms with Crippen molar-refractivity contribution in [2.75, 3.05) is 0 Å². The van der Waals surface area contributed by atoms with Crippen LogP contribution in [0, 0.1) is 18.5 Å². The summed E-state index contributed by atoms with van der Waals surface area (Å²) in [6.45, 7) is 0.507. The summed E-state index contributed by atoms with van der Waals surface area (Å²) in [5.74, 6) is 2.44. The highest BCUT2D eigenvalue weighted by molar-refractivity contribution is 4.86. The molecule has 8 heavy (non-hydrogen) atoms. The van der Waals surface area contributed by atoms with E-state index in [4.69, 9.17) is 6.42 Å². The number of nitrogens with zero attached hydrogens (tertiary/aromatic N) is 2. The molecule has 0 aromatic carbocycles. The molecule has 0 N–H and O–H groups in total. The summed E-state index contributed by atoms with van der Waals surface area (Å²) in [6.07, 6.45) is 9.44. The van der Waals surface area contributed by atoms with E-state index in [2.05, 4.69) is 17.2 Å². The summed E-state index contributed by atoms with van der Waals surface area (Å²) in [5.41, 5.74) is 0. The van der Waals surface area contributed by atoms with Gasteiger partial charge in [-0.1, -0.05) is 5.92 Å². The summed E-state index contributed by atoms with van der Waals surface area (Å²) in [6, 6.07) is 1.72. The lowest BCUT2D eigenvalue weighted by molar-refractivity contribution is 0.710. The fourth-order valence-electron chi connectivity index (χ4n) is 0.439. The maximum Gasteiger partial charge on any atom is 0.102 e. The van der Waals surface area contributed by atoms with Gasteiger partial charge in [-0.2, -0.15) is 5.10 Å².